The molecule has 1 fully saturated rings. The lowest BCUT2D eigenvalue weighted by molar-refractivity contribution is -0.122. The Morgan fingerprint density at radius 3 is 2.48 bits per heavy atom. The molecule has 0 radical (unpaired) electrons. The van der Waals surface area contributed by atoms with Crippen LogP contribution in [0.1, 0.15) is 12.5 Å². The number of nitrogens with zero attached hydrogens (tertiary/aromatic N) is 2. The van der Waals surface area contributed by atoms with E-state index in [0.717, 1.165) is 5.56 Å². The van der Waals surface area contributed by atoms with Gasteiger partial charge in [0.1, 0.15) is 12.4 Å². The zero-order valence-corrected chi connectivity index (χ0v) is 17.0. The van der Waals surface area contributed by atoms with Crippen LogP contribution in [0.25, 0.3) is 0 Å². The van der Waals surface area contributed by atoms with Crippen molar-refractivity contribution in [3.63, 3.8) is 0 Å². The second-order valence-corrected chi connectivity index (χ2v) is 8.34. The molecular formula is C18H29N3O5S. The van der Waals surface area contributed by atoms with Crippen LogP contribution in [0.15, 0.2) is 23.1 Å². The highest BCUT2D eigenvalue weighted by molar-refractivity contribution is 7.89. The largest absolute Gasteiger partial charge is 0.491 e. The Hall–Kier alpha value is -1.68. The normalized spacial score (nSPS) is 16.3. The fourth-order valence-electron chi connectivity index (χ4n) is 2.91. The summed E-state index contributed by atoms with van der Waals surface area (Å²) >= 11 is 0. The molecule has 1 amide bonds. The summed E-state index contributed by atoms with van der Waals surface area (Å²) in [6, 6.07) is 4.90. The van der Waals surface area contributed by atoms with Crippen LogP contribution < -0.4 is 10.1 Å². The summed E-state index contributed by atoms with van der Waals surface area (Å²) in [4.78, 5) is 13.9. The van der Waals surface area contributed by atoms with Crippen molar-refractivity contribution in [2.45, 2.75) is 18.7 Å². The smallest absolute Gasteiger partial charge is 0.243 e. The number of methoxy groups -OCH3 is 1. The summed E-state index contributed by atoms with van der Waals surface area (Å²) in [6.45, 7) is 7.29. The van der Waals surface area contributed by atoms with E-state index in [9.17, 15) is 13.2 Å². The van der Waals surface area contributed by atoms with Gasteiger partial charge in [0.05, 0.1) is 18.0 Å². The predicted molar refractivity (Wildman–Crippen MR) is 102 cm³/mol. The predicted octanol–water partition coefficient (Wildman–Crippen LogP) is 0.463. The Morgan fingerprint density at radius 2 is 1.89 bits per heavy atom. The van der Waals surface area contributed by atoms with Gasteiger partial charge < -0.3 is 14.8 Å². The van der Waals surface area contributed by atoms with Crippen LogP contribution >= 0.6 is 0 Å². The second kappa shape index (κ2) is 10.0. The molecule has 0 aliphatic carbocycles. The topological polar surface area (TPSA) is 88.2 Å². The van der Waals surface area contributed by atoms with E-state index in [-0.39, 0.29) is 10.8 Å². The molecule has 1 saturated heterocycles. The maximum Gasteiger partial charge on any atom is 0.243 e. The molecule has 1 aliphatic heterocycles. The van der Waals surface area contributed by atoms with Gasteiger partial charge >= 0.3 is 0 Å². The number of hydrogen-bond donors (Lipinski definition) is 1. The van der Waals surface area contributed by atoms with Crippen molar-refractivity contribution < 1.29 is 22.7 Å². The van der Waals surface area contributed by atoms with Crippen molar-refractivity contribution >= 4 is 15.9 Å². The van der Waals surface area contributed by atoms with Crippen molar-refractivity contribution in [2.24, 2.45) is 0 Å². The lowest BCUT2D eigenvalue weighted by Gasteiger charge is -2.33. The second-order valence-electron chi connectivity index (χ2n) is 6.40. The maximum atomic E-state index is 12.9. The van der Waals surface area contributed by atoms with E-state index in [1.165, 1.54) is 4.31 Å². The first-order valence-electron chi connectivity index (χ1n) is 9.10. The van der Waals surface area contributed by atoms with E-state index in [0.29, 0.717) is 58.2 Å². The first-order valence-corrected chi connectivity index (χ1v) is 10.5. The van der Waals surface area contributed by atoms with E-state index in [1.54, 1.807) is 25.3 Å². The number of ether oxygens (including phenoxy) is 2. The molecule has 0 atom stereocenters. The van der Waals surface area contributed by atoms with E-state index in [4.69, 9.17) is 9.47 Å². The summed E-state index contributed by atoms with van der Waals surface area (Å²) in [5, 5.41) is 2.76. The standard InChI is InChI=1S/C18H29N3O5S/c1-4-19-18(22)14-20-7-9-21(10-8-20)27(23,24)16-5-6-17(15(2)13-16)26-12-11-25-3/h5-6,13H,4,7-12,14H2,1-3H3,(H,19,22). The molecular weight excluding hydrogens is 370 g/mol. The van der Waals surface area contributed by atoms with Crippen LogP contribution in [0.2, 0.25) is 0 Å². The quantitative estimate of drug-likeness (QED) is 0.607. The molecule has 27 heavy (non-hydrogen) atoms. The Labute approximate surface area is 161 Å². The molecule has 8 nitrogen and oxygen atoms in total. The van der Waals surface area contributed by atoms with Gasteiger partial charge in [0.15, 0.2) is 0 Å². The summed E-state index contributed by atoms with van der Waals surface area (Å²) in [7, 11) is -1.96. The average Bonchev–Trinajstić information content (AvgIpc) is 2.63. The Balaban J connectivity index is 1.98. The molecule has 0 aromatic heterocycles. The van der Waals surface area contributed by atoms with Gasteiger partial charge in [-0.3, -0.25) is 9.69 Å². The minimum absolute atomic E-state index is 0.0338. The third kappa shape index (κ3) is 5.90. The number of amides is 1. The van der Waals surface area contributed by atoms with Crippen molar-refractivity contribution in [2.75, 3.05) is 59.6 Å². The molecule has 0 unspecified atom stereocenters. The number of piperazine rings is 1. The van der Waals surface area contributed by atoms with Crippen LogP contribution in [-0.2, 0) is 19.6 Å². The van der Waals surface area contributed by atoms with Gasteiger partial charge in [0, 0.05) is 39.8 Å². The minimum atomic E-state index is -3.56. The molecule has 1 heterocycles. The average molecular weight is 400 g/mol. The molecule has 1 aliphatic rings. The molecule has 0 saturated carbocycles. The number of likely N-dealkylation sites (N-methyl/N-ethyl adjacent to an activating group) is 1. The molecule has 1 aromatic rings. The van der Waals surface area contributed by atoms with E-state index in [2.05, 4.69) is 5.32 Å². The lowest BCUT2D eigenvalue weighted by Crippen LogP contribution is -2.51. The summed E-state index contributed by atoms with van der Waals surface area (Å²) < 4.78 is 37.8. The summed E-state index contributed by atoms with van der Waals surface area (Å²) in [6.07, 6.45) is 0. The number of benzene rings is 1. The van der Waals surface area contributed by atoms with Gasteiger partial charge in [-0.2, -0.15) is 4.31 Å². The minimum Gasteiger partial charge on any atom is -0.491 e. The molecule has 9 heteroatoms. The number of rotatable bonds is 9. The van der Waals surface area contributed by atoms with Gasteiger partial charge in [-0.25, -0.2) is 8.42 Å². The number of hydrogen-bond acceptors (Lipinski definition) is 6. The number of aryl methyl sites for hydroxylation is 1. The highest BCUT2D eigenvalue weighted by atomic mass is 32.2. The summed E-state index contributed by atoms with van der Waals surface area (Å²) in [5.41, 5.74) is 0.766. The highest BCUT2D eigenvalue weighted by Gasteiger charge is 2.29. The molecule has 1 aromatic carbocycles. The first-order chi connectivity index (χ1) is 12.9. The highest BCUT2D eigenvalue weighted by Crippen LogP contribution is 2.24. The molecule has 1 N–H and O–H groups in total. The number of sulfonamides is 1. The van der Waals surface area contributed by atoms with Crippen molar-refractivity contribution in [1.82, 2.24) is 14.5 Å². The van der Waals surface area contributed by atoms with Gasteiger partial charge in [-0.15, -0.1) is 0 Å². The third-order valence-electron chi connectivity index (χ3n) is 4.40. The molecule has 0 spiro atoms. The van der Waals surface area contributed by atoms with Gasteiger partial charge in [0.2, 0.25) is 15.9 Å². The molecule has 2 rings (SSSR count). The third-order valence-corrected chi connectivity index (χ3v) is 6.30. The van der Waals surface area contributed by atoms with Crippen molar-refractivity contribution in [3.05, 3.63) is 23.8 Å². The number of nitrogens with one attached hydrogen (secondary N) is 1. The van der Waals surface area contributed by atoms with Crippen molar-refractivity contribution in [1.29, 1.82) is 0 Å². The van der Waals surface area contributed by atoms with Crippen LogP contribution in [0, 0.1) is 6.92 Å². The van der Waals surface area contributed by atoms with Crippen LogP contribution in [0.4, 0.5) is 0 Å². The van der Waals surface area contributed by atoms with Gasteiger partial charge in [0.25, 0.3) is 0 Å². The zero-order chi connectivity index (χ0) is 19.9. The van der Waals surface area contributed by atoms with Gasteiger partial charge in [-0.1, -0.05) is 0 Å². The maximum absolute atomic E-state index is 12.9. The monoisotopic (exact) mass is 399 g/mol. The van der Waals surface area contributed by atoms with E-state index >= 15 is 0 Å². The van der Waals surface area contributed by atoms with Crippen LogP contribution in [0.5, 0.6) is 5.75 Å². The first kappa shape index (κ1) is 21.6. The van der Waals surface area contributed by atoms with E-state index < -0.39 is 10.0 Å². The lowest BCUT2D eigenvalue weighted by atomic mass is 10.2. The van der Waals surface area contributed by atoms with E-state index in [1.807, 2.05) is 18.7 Å². The fourth-order valence-corrected chi connectivity index (χ4v) is 4.42. The molecule has 0 bridgehead atoms. The SMILES string of the molecule is CCNC(=O)CN1CCN(S(=O)(=O)c2ccc(OCCOC)c(C)c2)CC1. The van der Waals surface area contributed by atoms with Crippen LogP contribution in [0.3, 0.4) is 0 Å². The Morgan fingerprint density at radius 1 is 1.19 bits per heavy atom. The van der Waals surface area contributed by atoms with Gasteiger partial charge in [-0.05, 0) is 37.6 Å². The fraction of sp³-hybridized carbons (Fsp3) is 0.611. The van der Waals surface area contributed by atoms with Crippen LogP contribution in [-0.4, -0.2) is 83.1 Å². The summed E-state index contributed by atoms with van der Waals surface area (Å²) in [5.74, 6) is 0.617. The zero-order valence-electron chi connectivity index (χ0n) is 16.2. The Bertz CT molecular complexity index is 731. The number of carbonyl (C=O) groups is 1. The van der Waals surface area contributed by atoms with Crippen molar-refractivity contribution in [3.8, 4) is 5.75 Å². The Kier molecular flexibility index (Phi) is 8.03. The number of carbonyl (C=O) groups excluding carboxylic acids is 1. The molecule has 152 valence electrons.